The quantitative estimate of drug-likeness (QED) is 0.673. The van der Waals surface area contributed by atoms with Crippen molar-refractivity contribution in [3.05, 3.63) is 82.8 Å². The van der Waals surface area contributed by atoms with E-state index in [2.05, 4.69) is 10.4 Å². The molecule has 2 aromatic carbocycles. The van der Waals surface area contributed by atoms with E-state index in [4.69, 9.17) is 0 Å². The molecule has 1 amide bonds. The van der Waals surface area contributed by atoms with Gasteiger partial charge in [0.1, 0.15) is 5.82 Å². The van der Waals surface area contributed by atoms with Crippen LogP contribution in [0.1, 0.15) is 27.2 Å². The van der Waals surface area contributed by atoms with Gasteiger partial charge in [0.2, 0.25) is 0 Å². The number of amides is 1. The second-order valence-electron chi connectivity index (χ2n) is 5.99. The number of halogens is 4. The topological polar surface area (TPSA) is 46.9 Å². The molecular formula is C19H15F4N3O. The Morgan fingerprint density at radius 2 is 1.85 bits per heavy atom. The van der Waals surface area contributed by atoms with Crippen molar-refractivity contribution in [2.45, 2.75) is 19.6 Å². The number of hydrogen-bond acceptors (Lipinski definition) is 2. The lowest BCUT2D eigenvalue weighted by Crippen LogP contribution is -2.13. The number of nitrogens with one attached hydrogen (secondary N) is 1. The highest BCUT2D eigenvalue weighted by Crippen LogP contribution is 2.29. The third kappa shape index (κ3) is 4.52. The average molecular weight is 377 g/mol. The molecule has 1 heterocycles. The zero-order valence-corrected chi connectivity index (χ0v) is 14.2. The Kier molecular flexibility index (Phi) is 4.98. The van der Waals surface area contributed by atoms with Gasteiger partial charge >= 0.3 is 6.18 Å². The van der Waals surface area contributed by atoms with Gasteiger partial charge in [-0.3, -0.25) is 9.48 Å². The molecule has 0 saturated heterocycles. The number of hydrogen-bond donors (Lipinski definition) is 1. The molecule has 0 saturated carbocycles. The van der Waals surface area contributed by atoms with Crippen molar-refractivity contribution in [3.63, 3.8) is 0 Å². The number of rotatable bonds is 4. The first-order chi connectivity index (χ1) is 12.7. The summed E-state index contributed by atoms with van der Waals surface area (Å²) in [6, 6.07) is 11.8. The Hall–Kier alpha value is -3.16. The van der Waals surface area contributed by atoms with Crippen LogP contribution >= 0.6 is 0 Å². The highest BCUT2D eigenvalue weighted by atomic mass is 19.4. The molecule has 0 radical (unpaired) electrons. The molecular weight excluding hydrogens is 362 g/mol. The van der Waals surface area contributed by atoms with Crippen LogP contribution in [0.2, 0.25) is 0 Å². The number of alkyl halides is 3. The van der Waals surface area contributed by atoms with Gasteiger partial charge in [-0.15, -0.1) is 0 Å². The van der Waals surface area contributed by atoms with Crippen molar-refractivity contribution in [1.82, 2.24) is 9.78 Å². The minimum atomic E-state index is -4.42. The van der Waals surface area contributed by atoms with Crippen LogP contribution in [-0.2, 0) is 12.7 Å². The normalized spacial score (nSPS) is 11.4. The van der Waals surface area contributed by atoms with Gasteiger partial charge in [-0.2, -0.15) is 18.3 Å². The number of anilines is 1. The molecule has 27 heavy (non-hydrogen) atoms. The molecule has 0 fully saturated rings. The Labute approximate surface area is 152 Å². The fourth-order valence-electron chi connectivity index (χ4n) is 2.57. The van der Waals surface area contributed by atoms with Crippen LogP contribution in [-0.4, -0.2) is 15.7 Å². The van der Waals surface area contributed by atoms with Gasteiger partial charge in [-0.25, -0.2) is 4.39 Å². The summed E-state index contributed by atoms with van der Waals surface area (Å²) in [7, 11) is 0. The molecule has 0 bridgehead atoms. The first-order valence-electron chi connectivity index (χ1n) is 8.00. The fraction of sp³-hybridized carbons (Fsp3) is 0.158. The first-order valence-corrected chi connectivity index (χ1v) is 8.00. The Morgan fingerprint density at radius 3 is 2.56 bits per heavy atom. The molecule has 4 nitrogen and oxygen atoms in total. The van der Waals surface area contributed by atoms with Crippen LogP contribution in [0.4, 0.5) is 23.4 Å². The lowest BCUT2D eigenvalue weighted by molar-refractivity contribution is -0.137. The van der Waals surface area contributed by atoms with Gasteiger partial charge in [0.05, 0.1) is 12.1 Å². The molecule has 3 aromatic rings. The second kappa shape index (κ2) is 7.22. The number of aryl methyl sites for hydroxylation is 1. The molecule has 140 valence electrons. The van der Waals surface area contributed by atoms with E-state index in [1.54, 1.807) is 19.1 Å². The summed E-state index contributed by atoms with van der Waals surface area (Å²) in [6.45, 7) is 1.84. The van der Waals surface area contributed by atoms with E-state index in [-0.39, 0.29) is 17.9 Å². The van der Waals surface area contributed by atoms with E-state index in [0.717, 1.165) is 18.2 Å². The van der Waals surface area contributed by atoms with Gasteiger partial charge in [-0.1, -0.05) is 18.2 Å². The van der Waals surface area contributed by atoms with Crippen molar-refractivity contribution in [1.29, 1.82) is 0 Å². The predicted octanol–water partition coefficient (Wildman–Crippen LogP) is 4.65. The van der Waals surface area contributed by atoms with E-state index in [1.807, 2.05) is 0 Å². The zero-order chi connectivity index (χ0) is 19.6. The van der Waals surface area contributed by atoms with Crippen molar-refractivity contribution in [3.8, 4) is 0 Å². The molecule has 0 aliphatic rings. The molecule has 0 spiro atoms. The second-order valence-corrected chi connectivity index (χ2v) is 5.99. The predicted molar refractivity (Wildman–Crippen MR) is 91.9 cm³/mol. The van der Waals surface area contributed by atoms with Crippen molar-refractivity contribution < 1.29 is 22.4 Å². The summed E-state index contributed by atoms with van der Waals surface area (Å²) in [5, 5.41) is 6.75. The van der Waals surface area contributed by atoms with Crippen LogP contribution < -0.4 is 5.32 Å². The molecule has 1 N–H and O–H groups in total. The summed E-state index contributed by atoms with van der Waals surface area (Å²) >= 11 is 0. The summed E-state index contributed by atoms with van der Waals surface area (Å²) in [5.41, 5.74) is 0.491. The first kappa shape index (κ1) is 18.6. The van der Waals surface area contributed by atoms with Gasteiger partial charge < -0.3 is 5.32 Å². The molecule has 0 aliphatic carbocycles. The number of carbonyl (C=O) groups excluding carboxylic acids is 1. The van der Waals surface area contributed by atoms with Crippen LogP contribution in [0.3, 0.4) is 0 Å². The van der Waals surface area contributed by atoms with Gasteiger partial charge in [-0.05, 0) is 42.8 Å². The fourth-order valence-corrected chi connectivity index (χ4v) is 2.57. The Balaban J connectivity index is 1.76. The molecule has 0 atom stereocenters. The number of carbonyl (C=O) groups is 1. The van der Waals surface area contributed by atoms with Crippen LogP contribution in [0, 0.1) is 12.7 Å². The van der Waals surface area contributed by atoms with E-state index >= 15 is 0 Å². The third-order valence-electron chi connectivity index (χ3n) is 3.90. The van der Waals surface area contributed by atoms with Crippen LogP contribution in [0.15, 0.2) is 54.6 Å². The maximum Gasteiger partial charge on any atom is 0.416 e. The van der Waals surface area contributed by atoms with Crippen LogP contribution in [0.25, 0.3) is 0 Å². The monoisotopic (exact) mass is 377 g/mol. The Bertz CT molecular complexity index is 979. The number of aromatic nitrogens is 2. The third-order valence-corrected chi connectivity index (χ3v) is 3.90. The van der Waals surface area contributed by atoms with E-state index in [9.17, 15) is 22.4 Å². The number of benzene rings is 2. The minimum Gasteiger partial charge on any atom is -0.305 e. The molecule has 3 rings (SSSR count). The average Bonchev–Trinajstić information content (AvgIpc) is 2.93. The van der Waals surface area contributed by atoms with Crippen molar-refractivity contribution in [2.75, 3.05) is 5.32 Å². The zero-order valence-electron chi connectivity index (χ0n) is 14.2. The maximum atomic E-state index is 13.2. The van der Waals surface area contributed by atoms with Crippen LogP contribution in [0.5, 0.6) is 0 Å². The van der Waals surface area contributed by atoms with Gasteiger partial charge in [0.15, 0.2) is 5.82 Å². The lowest BCUT2D eigenvalue weighted by atomic mass is 10.1. The molecule has 8 heteroatoms. The van der Waals surface area contributed by atoms with E-state index in [0.29, 0.717) is 11.3 Å². The van der Waals surface area contributed by atoms with E-state index < -0.39 is 23.5 Å². The van der Waals surface area contributed by atoms with E-state index in [1.165, 1.54) is 28.9 Å². The van der Waals surface area contributed by atoms with Gasteiger partial charge in [0, 0.05) is 17.3 Å². The smallest absolute Gasteiger partial charge is 0.305 e. The lowest BCUT2D eigenvalue weighted by Gasteiger charge is -2.09. The summed E-state index contributed by atoms with van der Waals surface area (Å²) in [4.78, 5) is 12.1. The maximum absolute atomic E-state index is 13.2. The minimum absolute atomic E-state index is 0.117. The summed E-state index contributed by atoms with van der Waals surface area (Å²) in [5.74, 6) is -0.833. The molecule has 1 aromatic heterocycles. The van der Waals surface area contributed by atoms with Crippen molar-refractivity contribution >= 4 is 11.7 Å². The molecule has 0 unspecified atom stereocenters. The SMILES string of the molecule is Cc1cc(NC(=O)c2cccc(F)c2)nn1Cc1cccc(C(F)(F)F)c1. The largest absolute Gasteiger partial charge is 0.416 e. The highest BCUT2D eigenvalue weighted by molar-refractivity contribution is 6.03. The summed E-state index contributed by atoms with van der Waals surface area (Å²) < 4.78 is 53.2. The standard InChI is InChI=1S/C19H15F4N3O/c1-12-8-17(24-18(27)14-5-3-7-16(20)10-14)25-26(12)11-13-4-2-6-15(9-13)19(21,22)23/h2-10H,11H2,1H3,(H,24,25,27). The molecule has 0 aliphatic heterocycles. The van der Waals surface area contributed by atoms with Gasteiger partial charge in [0.25, 0.3) is 5.91 Å². The summed E-state index contributed by atoms with van der Waals surface area (Å²) in [6.07, 6.45) is -4.42. The number of nitrogens with zero attached hydrogens (tertiary/aromatic N) is 2. The van der Waals surface area contributed by atoms with Crippen molar-refractivity contribution in [2.24, 2.45) is 0 Å². The Morgan fingerprint density at radius 1 is 1.11 bits per heavy atom. The highest BCUT2D eigenvalue weighted by Gasteiger charge is 2.30.